The molecule has 1 unspecified atom stereocenters. The zero-order chi connectivity index (χ0) is 17.8. The molecule has 2 N–H and O–H groups in total. The van der Waals surface area contributed by atoms with Crippen molar-refractivity contribution in [2.75, 3.05) is 39.2 Å². The minimum absolute atomic E-state index is 0.551. The van der Waals surface area contributed by atoms with Gasteiger partial charge in [-0.25, -0.2) is 0 Å². The molecule has 5 nitrogen and oxygen atoms in total. The van der Waals surface area contributed by atoms with E-state index in [9.17, 15) is 0 Å². The maximum absolute atomic E-state index is 5.46. The van der Waals surface area contributed by atoms with E-state index in [4.69, 9.17) is 21.7 Å². The van der Waals surface area contributed by atoms with Crippen molar-refractivity contribution in [1.82, 2.24) is 10.2 Å². The Bertz CT molecular complexity index is 615. The van der Waals surface area contributed by atoms with Gasteiger partial charge in [-0.15, -0.1) is 6.58 Å². The predicted octanol–water partition coefficient (Wildman–Crippen LogP) is 2.89. The van der Waals surface area contributed by atoms with Crippen molar-refractivity contribution in [2.45, 2.75) is 18.9 Å². The van der Waals surface area contributed by atoms with Crippen LogP contribution in [-0.4, -0.2) is 49.9 Å². The Morgan fingerprint density at radius 2 is 2.04 bits per heavy atom. The van der Waals surface area contributed by atoms with Crippen LogP contribution in [0.4, 0.5) is 5.69 Å². The maximum atomic E-state index is 5.46. The van der Waals surface area contributed by atoms with E-state index in [-0.39, 0.29) is 0 Å². The summed E-state index contributed by atoms with van der Waals surface area (Å²) >= 11 is 5.46. The Morgan fingerprint density at radius 3 is 2.60 bits per heavy atom. The molecule has 2 bridgehead atoms. The fraction of sp³-hybridized carbons (Fsp3) is 0.526. The van der Waals surface area contributed by atoms with Crippen LogP contribution in [0.5, 0.6) is 11.5 Å². The normalized spacial score (nSPS) is 27.4. The second-order valence-electron chi connectivity index (χ2n) is 6.77. The molecule has 4 atom stereocenters. The van der Waals surface area contributed by atoms with Crippen LogP contribution in [0.3, 0.4) is 0 Å². The molecule has 3 aliphatic rings. The molecule has 3 saturated heterocycles. The molecule has 4 rings (SSSR count). The lowest BCUT2D eigenvalue weighted by Gasteiger charge is -2.49. The van der Waals surface area contributed by atoms with Crippen molar-refractivity contribution in [3.8, 4) is 11.5 Å². The lowest BCUT2D eigenvalue weighted by molar-refractivity contribution is 0.0215. The quantitative estimate of drug-likeness (QED) is 0.600. The first-order valence-corrected chi connectivity index (χ1v) is 9.18. The molecule has 3 aliphatic heterocycles. The molecule has 1 aromatic carbocycles. The van der Waals surface area contributed by atoms with Gasteiger partial charge < -0.3 is 20.1 Å². The average Bonchev–Trinajstić information content (AvgIpc) is 2.66. The van der Waals surface area contributed by atoms with Crippen molar-refractivity contribution in [3.05, 3.63) is 30.9 Å². The zero-order valence-electron chi connectivity index (χ0n) is 15.0. The summed E-state index contributed by atoms with van der Waals surface area (Å²) in [5, 5.41) is 7.21. The van der Waals surface area contributed by atoms with Crippen molar-refractivity contribution in [2.24, 2.45) is 11.8 Å². The highest BCUT2D eigenvalue weighted by Crippen LogP contribution is 2.36. The highest BCUT2D eigenvalue weighted by Gasteiger charge is 2.38. The molecule has 0 spiro atoms. The number of fused-ring (bicyclic) bond motifs is 3. The average molecular weight is 362 g/mol. The zero-order valence-corrected chi connectivity index (χ0v) is 15.8. The lowest BCUT2D eigenvalue weighted by atomic mass is 9.76. The number of hydrogen-bond donors (Lipinski definition) is 2. The van der Waals surface area contributed by atoms with E-state index in [2.05, 4.69) is 28.2 Å². The second kappa shape index (κ2) is 8.06. The minimum Gasteiger partial charge on any atom is -0.497 e. The van der Waals surface area contributed by atoms with Gasteiger partial charge in [0.05, 0.1) is 14.2 Å². The van der Waals surface area contributed by atoms with Gasteiger partial charge in [0.15, 0.2) is 5.11 Å². The van der Waals surface area contributed by atoms with Crippen LogP contribution in [-0.2, 0) is 0 Å². The van der Waals surface area contributed by atoms with Crippen LogP contribution in [0, 0.1) is 11.8 Å². The molecule has 3 heterocycles. The number of methoxy groups -OCH3 is 2. The summed E-state index contributed by atoms with van der Waals surface area (Å²) in [6, 6.07) is 6.19. The Balaban J connectivity index is 1.53. The summed E-state index contributed by atoms with van der Waals surface area (Å²) in [4.78, 5) is 2.57. The summed E-state index contributed by atoms with van der Waals surface area (Å²) in [6.45, 7) is 7.17. The van der Waals surface area contributed by atoms with Gasteiger partial charge in [-0.3, -0.25) is 4.90 Å². The number of hydrogen-bond acceptors (Lipinski definition) is 4. The molecule has 0 saturated carbocycles. The Morgan fingerprint density at radius 1 is 1.32 bits per heavy atom. The largest absolute Gasteiger partial charge is 0.497 e. The van der Waals surface area contributed by atoms with Crippen LogP contribution < -0.4 is 20.1 Å². The van der Waals surface area contributed by atoms with Gasteiger partial charge in [-0.05, 0) is 43.4 Å². The van der Waals surface area contributed by atoms with Crippen LogP contribution in [0.2, 0.25) is 0 Å². The topological polar surface area (TPSA) is 45.8 Å². The first-order valence-electron chi connectivity index (χ1n) is 8.77. The van der Waals surface area contributed by atoms with E-state index in [1.54, 1.807) is 14.2 Å². The van der Waals surface area contributed by atoms with Crippen molar-refractivity contribution in [3.63, 3.8) is 0 Å². The molecule has 3 fully saturated rings. The molecule has 0 aliphatic carbocycles. The summed E-state index contributed by atoms with van der Waals surface area (Å²) in [5.41, 5.74) is 0.853. The monoisotopic (exact) mass is 361 g/mol. The summed E-state index contributed by atoms with van der Waals surface area (Å²) in [6.07, 6.45) is 4.64. The van der Waals surface area contributed by atoms with E-state index < -0.39 is 0 Å². The maximum Gasteiger partial charge on any atom is 0.170 e. The first-order chi connectivity index (χ1) is 12.1. The highest BCUT2D eigenvalue weighted by molar-refractivity contribution is 7.80. The van der Waals surface area contributed by atoms with Crippen molar-refractivity contribution < 1.29 is 9.47 Å². The molecule has 136 valence electrons. The van der Waals surface area contributed by atoms with Crippen LogP contribution in [0.15, 0.2) is 30.9 Å². The first kappa shape index (κ1) is 18.0. The second-order valence-corrected chi connectivity index (χ2v) is 7.18. The van der Waals surface area contributed by atoms with E-state index in [1.807, 2.05) is 18.2 Å². The number of nitrogens with one attached hydrogen (secondary N) is 2. The molecule has 6 heteroatoms. The number of rotatable bonds is 6. The number of ether oxygens (including phenoxy) is 2. The van der Waals surface area contributed by atoms with E-state index >= 15 is 0 Å². The van der Waals surface area contributed by atoms with Gasteiger partial charge in [0.1, 0.15) is 11.5 Å². The number of benzene rings is 1. The number of nitrogens with zero attached hydrogens (tertiary/aromatic N) is 1. The lowest BCUT2D eigenvalue weighted by Crippen LogP contribution is -2.56. The van der Waals surface area contributed by atoms with Gasteiger partial charge in [0.25, 0.3) is 0 Å². The summed E-state index contributed by atoms with van der Waals surface area (Å²) < 4.78 is 10.6. The third kappa shape index (κ3) is 4.25. The minimum atomic E-state index is 0.551. The van der Waals surface area contributed by atoms with Crippen molar-refractivity contribution >= 4 is 23.0 Å². The summed E-state index contributed by atoms with van der Waals surface area (Å²) in [5.74, 6) is 2.89. The standard InChI is InChI=1S/C19H27N3O2S/c1-4-13-12-22-6-5-14(13)7-16(22)11-20-19(25)21-15-8-17(23-2)10-18(9-15)24-3/h4,8-10,13-14,16H,1,5-7,11-12H2,2-3H3,(H2,20,21,25)/t13-,14-,16+/m0/s1. The molecule has 0 aromatic heterocycles. The number of thiocarbonyl (C=S) groups is 1. The van der Waals surface area contributed by atoms with Crippen LogP contribution >= 0.6 is 12.2 Å². The molecular formula is C19H27N3O2S. The van der Waals surface area contributed by atoms with E-state index in [0.717, 1.165) is 36.2 Å². The Hall–Kier alpha value is -1.79. The van der Waals surface area contributed by atoms with Crippen LogP contribution in [0.25, 0.3) is 0 Å². The predicted molar refractivity (Wildman–Crippen MR) is 106 cm³/mol. The van der Waals surface area contributed by atoms with E-state index in [0.29, 0.717) is 17.1 Å². The van der Waals surface area contributed by atoms with Crippen molar-refractivity contribution in [1.29, 1.82) is 0 Å². The fourth-order valence-corrected chi connectivity index (χ4v) is 4.13. The molecule has 1 aromatic rings. The van der Waals surface area contributed by atoms with Gasteiger partial charge in [0, 0.05) is 43.0 Å². The third-order valence-corrected chi connectivity index (χ3v) is 5.59. The fourth-order valence-electron chi connectivity index (χ4n) is 3.92. The SMILES string of the molecule is C=C[C@H]1CN2CC[C@H]1C[C@@H]2CNC(=S)Nc1cc(OC)cc(OC)c1. The van der Waals surface area contributed by atoms with Gasteiger partial charge >= 0.3 is 0 Å². The van der Waals surface area contributed by atoms with Gasteiger partial charge in [0.2, 0.25) is 0 Å². The number of piperidine rings is 3. The highest BCUT2D eigenvalue weighted by atomic mass is 32.1. The van der Waals surface area contributed by atoms with E-state index in [1.165, 1.54) is 19.4 Å². The Labute approximate surface area is 155 Å². The molecule has 0 radical (unpaired) electrons. The third-order valence-electron chi connectivity index (χ3n) is 5.34. The number of anilines is 1. The Kier molecular flexibility index (Phi) is 5.81. The molecular weight excluding hydrogens is 334 g/mol. The molecule has 0 amide bonds. The van der Waals surface area contributed by atoms with Gasteiger partial charge in [-0.1, -0.05) is 6.08 Å². The summed E-state index contributed by atoms with van der Waals surface area (Å²) in [7, 11) is 3.27. The van der Waals surface area contributed by atoms with Gasteiger partial charge in [-0.2, -0.15) is 0 Å². The molecule has 25 heavy (non-hydrogen) atoms. The smallest absolute Gasteiger partial charge is 0.170 e. The van der Waals surface area contributed by atoms with Crippen LogP contribution in [0.1, 0.15) is 12.8 Å².